The lowest BCUT2D eigenvalue weighted by Gasteiger charge is -2.05. The van der Waals surface area contributed by atoms with E-state index < -0.39 is 5.97 Å². The van der Waals surface area contributed by atoms with Crippen LogP contribution in [0.1, 0.15) is 41.4 Å². The first-order valence-electron chi connectivity index (χ1n) is 8.43. The monoisotopic (exact) mass is 374 g/mol. The zero-order valence-corrected chi connectivity index (χ0v) is 15.7. The van der Waals surface area contributed by atoms with Crippen LogP contribution in [0.15, 0.2) is 40.3 Å². The van der Waals surface area contributed by atoms with Crippen molar-refractivity contribution in [3.05, 3.63) is 57.5 Å². The van der Waals surface area contributed by atoms with Crippen molar-refractivity contribution < 1.29 is 14.3 Å². The summed E-state index contributed by atoms with van der Waals surface area (Å²) in [5.74, 6) is -0.366. The van der Waals surface area contributed by atoms with E-state index in [9.17, 15) is 14.4 Å². The molecule has 1 aromatic carbocycles. The van der Waals surface area contributed by atoms with Crippen molar-refractivity contribution >= 4 is 23.5 Å². The minimum Gasteiger partial charge on any atom is -0.469 e. The number of hydrogen-bond acceptors (Lipinski definition) is 6. The summed E-state index contributed by atoms with van der Waals surface area (Å²) in [5.41, 5.74) is 1.80. The molecule has 6 nitrogen and oxygen atoms in total. The molecule has 0 aliphatic heterocycles. The number of rotatable bonds is 9. The topological polar surface area (TPSA) is 89.1 Å². The molecule has 2 aromatic rings. The number of aromatic amines is 1. The summed E-state index contributed by atoms with van der Waals surface area (Å²) in [6.45, 7) is 2.15. The fourth-order valence-corrected chi connectivity index (χ4v) is 3.11. The molecule has 0 aliphatic carbocycles. The highest BCUT2D eigenvalue weighted by Gasteiger charge is 2.11. The van der Waals surface area contributed by atoms with E-state index in [1.54, 1.807) is 0 Å². The Bertz CT molecular complexity index is 815. The molecule has 2 rings (SSSR count). The summed E-state index contributed by atoms with van der Waals surface area (Å²) >= 11 is 1.14. The van der Waals surface area contributed by atoms with Gasteiger partial charge in [-0.15, -0.1) is 0 Å². The number of Topliss-reactive ketones (excluding diaryl/α,β-unsaturated/α-hetero) is 1. The Morgan fingerprint density at radius 3 is 2.62 bits per heavy atom. The molecule has 1 heterocycles. The summed E-state index contributed by atoms with van der Waals surface area (Å²) in [5, 5.41) is 0.310. The molecule has 0 bridgehead atoms. The molecule has 0 amide bonds. The molecule has 0 spiro atoms. The highest BCUT2D eigenvalue weighted by atomic mass is 32.2. The van der Waals surface area contributed by atoms with Gasteiger partial charge >= 0.3 is 5.97 Å². The smallest absolute Gasteiger partial charge is 0.311 e. The lowest BCUT2D eigenvalue weighted by atomic mass is 10.1. The zero-order chi connectivity index (χ0) is 18.9. The number of carbonyl (C=O) groups excluding carboxylic acids is 2. The molecule has 138 valence electrons. The quantitative estimate of drug-likeness (QED) is 0.314. The molecule has 1 aromatic heterocycles. The Kier molecular flexibility index (Phi) is 7.59. The van der Waals surface area contributed by atoms with Gasteiger partial charge in [0.2, 0.25) is 0 Å². The molecule has 0 unspecified atom stereocenters. The standard InChI is InChI=1S/C19H22N2O4S/c1-3-4-5-13-6-8-14(9-7-13)16(22)12-26-19-20-15(10-17(23)21-19)11-18(24)25-2/h6-10H,3-5,11-12H2,1-2H3,(H,20,21,23). The molecule has 0 saturated heterocycles. The Morgan fingerprint density at radius 1 is 1.23 bits per heavy atom. The van der Waals surface area contributed by atoms with E-state index in [0.29, 0.717) is 16.4 Å². The van der Waals surface area contributed by atoms with Gasteiger partial charge in [-0.05, 0) is 18.4 Å². The van der Waals surface area contributed by atoms with E-state index in [-0.39, 0.29) is 23.5 Å². The molecule has 0 radical (unpaired) electrons. The zero-order valence-electron chi connectivity index (χ0n) is 14.9. The van der Waals surface area contributed by atoms with Crippen molar-refractivity contribution in [2.45, 2.75) is 37.8 Å². The Hall–Kier alpha value is -2.41. The van der Waals surface area contributed by atoms with Gasteiger partial charge in [0, 0.05) is 11.6 Å². The van der Waals surface area contributed by atoms with Gasteiger partial charge in [-0.3, -0.25) is 14.4 Å². The third-order valence-corrected chi connectivity index (χ3v) is 4.63. The second-order valence-electron chi connectivity index (χ2n) is 5.81. The third kappa shape index (κ3) is 6.15. The predicted molar refractivity (Wildman–Crippen MR) is 101 cm³/mol. The second-order valence-corrected chi connectivity index (χ2v) is 6.77. The number of benzene rings is 1. The van der Waals surface area contributed by atoms with Crippen LogP contribution >= 0.6 is 11.8 Å². The second kappa shape index (κ2) is 9.91. The van der Waals surface area contributed by atoms with Crippen LogP contribution in [0.5, 0.6) is 0 Å². The number of H-pyrrole nitrogens is 1. The number of aromatic nitrogens is 2. The van der Waals surface area contributed by atoms with Gasteiger partial charge in [0.15, 0.2) is 10.9 Å². The number of ketones is 1. The number of methoxy groups -OCH3 is 1. The first kappa shape index (κ1) is 19.9. The average Bonchev–Trinajstić information content (AvgIpc) is 2.64. The number of thioether (sulfide) groups is 1. The predicted octanol–water partition coefficient (Wildman–Crippen LogP) is 2.80. The average molecular weight is 374 g/mol. The summed E-state index contributed by atoms with van der Waals surface area (Å²) in [4.78, 5) is 42.1. The van der Waals surface area contributed by atoms with E-state index in [2.05, 4.69) is 21.6 Å². The number of nitrogens with one attached hydrogen (secondary N) is 1. The van der Waals surface area contributed by atoms with Crippen LogP contribution in [0.25, 0.3) is 0 Å². The normalized spacial score (nSPS) is 10.5. The molecular weight excluding hydrogens is 352 g/mol. The lowest BCUT2D eigenvalue weighted by molar-refractivity contribution is -0.139. The summed E-state index contributed by atoms with van der Waals surface area (Å²) < 4.78 is 4.57. The number of unbranched alkanes of at least 4 members (excludes halogenated alkanes) is 1. The van der Waals surface area contributed by atoms with Gasteiger partial charge < -0.3 is 9.72 Å². The maximum atomic E-state index is 12.3. The molecule has 0 aliphatic rings. The van der Waals surface area contributed by atoms with Crippen molar-refractivity contribution in [2.24, 2.45) is 0 Å². The Labute approximate surface area is 156 Å². The summed E-state index contributed by atoms with van der Waals surface area (Å²) in [6.07, 6.45) is 3.20. The molecule has 0 atom stereocenters. The number of nitrogens with zero attached hydrogens (tertiary/aromatic N) is 1. The molecule has 1 N–H and O–H groups in total. The fraction of sp³-hybridized carbons (Fsp3) is 0.368. The van der Waals surface area contributed by atoms with Crippen LogP contribution in [0.3, 0.4) is 0 Å². The SMILES string of the molecule is CCCCc1ccc(C(=O)CSc2nc(CC(=O)OC)cc(=O)[nH]2)cc1. The lowest BCUT2D eigenvalue weighted by Crippen LogP contribution is -2.14. The molecule has 7 heteroatoms. The fourth-order valence-electron chi connectivity index (χ4n) is 2.32. The Balaban J connectivity index is 1.98. The van der Waals surface area contributed by atoms with Crippen LogP contribution in [0.2, 0.25) is 0 Å². The minimum absolute atomic E-state index is 0.0435. The van der Waals surface area contributed by atoms with E-state index in [1.807, 2.05) is 24.3 Å². The molecule has 0 saturated carbocycles. The van der Waals surface area contributed by atoms with Gasteiger partial charge in [-0.1, -0.05) is 49.4 Å². The maximum Gasteiger partial charge on any atom is 0.311 e. The third-order valence-electron chi connectivity index (χ3n) is 3.76. The van der Waals surface area contributed by atoms with Crippen LogP contribution in [-0.4, -0.2) is 34.6 Å². The largest absolute Gasteiger partial charge is 0.469 e. The van der Waals surface area contributed by atoms with Crippen molar-refractivity contribution in [2.75, 3.05) is 12.9 Å². The summed E-state index contributed by atoms with van der Waals surface area (Å²) in [7, 11) is 1.28. The van der Waals surface area contributed by atoms with Crippen molar-refractivity contribution in [3.8, 4) is 0 Å². The highest BCUT2D eigenvalue weighted by molar-refractivity contribution is 7.99. The first-order chi connectivity index (χ1) is 12.5. The van der Waals surface area contributed by atoms with Crippen molar-refractivity contribution in [1.29, 1.82) is 0 Å². The Morgan fingerprint density at radius 2 is 1.96 bits per heavy atom. The first-order valence-corrected chi connectivity index (χ1v) is 9.42. The van der Waals surface area contributed by atoms with Crippen molar-refractivity contribution in [1.82, 2.24) is 9.97 Å². The highest BCUT2D eigenvalue weighted by Crippen LogP contribution is 2.15. The van der Waals surface area contributed by atoms with Crippen LogP contribution in [0.4, 0.5) is 0 Å². The van der Waals surface area contributed by atoms with E-state index >= 15 is 0 Å². The van der Waals surface area contributed by atoms with Gasteiger partial charge in [0.05, 0.1) is 25.0 Å². The molecule has 26 heavy (non-hydrogen) atoms. The summed E-state index contributed by atoms with van der Waals surface area (Å²) in [6, 6.07) is 8.86. The van der Waals surface area contributed by atoms with Gasteiger partial charge in [-0.25, -0.2) is 4.98 Å². The molecule has 0 fully saturated rings. The number of hydrogen-bond donors (Lipinski definition) is 1. The van der Waals surface area contributed by atoms with Crippen LogP contribution in [-0.2, 0) is 22.4 Å². The number of carbonyl (C=O) groups is 2. The maximum absolute atomic E-state index is 12.3. The molecular formula is C19H22N2O4S. The number of aryl methyl sites for hydroxylation is 1. The minimum atomic E-state index is -0.474. The van der Waals surface area contributed by atoms with Gasteiger partial charge in [0.25, 0.3) is 5.56 Å². The van der Waals surface area contributed by atoms with Crippen molar-refractivity contribution in [3.63, 3.8) is 0 Å². The van der Waals surface area contributed by atoms with Crippen LogP contribution in [0, 0.1) is 0 Å². The number of ether oxygens (including phenoxy) is 1. The van der Waals surface area contributed by atoms with Gasteiger partial charge in [-0.2, -0.15) is 0 Å². The van der Waals surface area contributed by atoms with E-state index in [1.165, 1.54) is 18.7 Å². The van der Waals surface area contributed by atoms with E-state index in [4.69, 9.17) is 0 Å². The van der Waals surface area contributed by atoms with Gasteiger partial charge in [0.1, 0.15) is 0 Å². The van der Waals surface area contributed by atoms with Crippen LogP contribution < -0.4 is 5.56 Å². The number of esters is 1. The van der Waals surface area contributed by atoms with E-state index in [0.717, 1.165) is 31.0 Å².